The van der Waals surface area contributed by atoms with Crippen LogP contribution in [0.5, 0.6) is 23.0 Å². The van der Waals surface area contributed by atoms with Gasteiger partial charge in [0, 0.05) is 47.8 Å². The number of fused-ring (bicyclic) bond motifs is 3. The molecule has 10 aromatic rings. The van der Waals surface area contributed by atoms with Crippen molar-refractivity contribution in [2.75, 3.05) is 0 Å². The van der Waals surface area contributed by atoms with E-state index in [1.54, 1.807) is 30.9 Å². The Morgan fingerprint density at radius 1 is 0.443 bits per heavy atom. The van der Waals surface area contributed by atoms with Gasteiger partial charge in [0.2, 0.25) is 5.95 Å². The molecule has 298 valence electrons. The van der Waals surface area contributed by atoms with E-state index >= 15 is 0 Å². The normalized spacial score (nSPS) is 10.9. The van der Waals surface area contributed by atoms with Gasteiger partial charge in [-0.3, -0.25) is 0 Å². The SMILES string of the molecule is Cc1cc(-c2ccccn2)[c-]c(Oc2[c-]c3c(cc2)c2ccc(Oc4[c-]c(-c5ccccn5)cc(C)c4-c4ccccc4)[c-]c2n3-c2ncccn2)c1-c1ccccc1.[Pt+2].[Pt+2]. The maximum Gasteiger partial charge on any atom is 2.00 e. The molecule has 4 heterocycles. The monoisotopic (exact) mass is 1150 g/mol. The van der Waals surface area contributed by atoms with Gasteiger partial charge in [-0.05, 0) is 29.6 Å². The van der Waals surface area contributed by atoms with Crippen molar-refractivity contribution in [2.45, 2.75) is 13.8 Å². The first-order valence-corrected chi connectivity index (χ1v) is 19.2. The van der Waals surface area contributed by atoms with Crippen molar-refractivity contribution in [3.63, 3.8) is 0 Å². The Labute approximate surface area is 382 Å². The van der Waals surface area contributed by atoms with Crippen molar-refractivity contribution in [2.24, 2.45) is 0 Å². The second kappa shape index (κ2) is 18.0. The predicted octanol–water partition coefficient (Wildman–Crippen LogP) is 12.4. The van der Waals surface area contributed by atoms with Crippen molar-refractivity contribution >= 4 is 21.8 Å². The maximum absolute atomic E-state index is 6.78. The van der Waals surface area contributed by atoms with Crippen LogP contribution in [0.2, 0.25) is 0 Å². The average molecular weight is 1150 g/mol. The van der Waals surface area contributed by atoms with Crippen molar-refractivity contribution < 1.29 is 51.6 Å². The van der Waals surface area contributed by atoms with Crippen LogP contribution < -0.4 is 9.47 Å². The molecular formula is C52H33N5O2Pt2. The summed E-state index contributed by atoms with van der Waals surface area (Å²) in [5.41, 5.74) is 10.7. The first-order chi connectivity index (χ1) is 29.1. The number of ether oxygens (including phenoxy) is 2. The van der Waals surface area contributed by atoms with E-state index in [-0.39, 0.29) is 42.1 Å². The minimum Gasteiger partial charge on any atom is -0.502 e. The summed E-state index contributed by atoms with van der Waals surface area (Å²) in [7, 11) is 0. The second-order valence-electron chi connectivity index (χ2n) is 14.1. The summed E-state index contributed by atoms with van der Waals surface area (Å²) in [5, 5.41) is 1.86. The molecule has 0 aliphatic rings. The molecule has 0 bridgehead atoms. The molecule has 9 heteroatoms. The predicted molar refractivity (Wildman–Crippen MR) is 232 cm³/mol. The second-order valence-corrected chi connectivity index (χ2v) is 14.1. The third-order valence-corrected chi connectivity index (χ3v) is 10.2. The quantitative estimate of drug-likeness (QED) is 0.134. The number of hydrogen-bond acceptors (Lipinski definition) is 6. The van der Waals surface area contributed by atoms with Crippen LogP contribution in [0.4, 0.5) is 0 Å². The van der Waals surface area contributed by atoms with Gasteiger partial charge in [0.05, 0.1) is 0 Å². The van der Waals surface area contributed by atoms with Crippen molar-refractivity contribution in [3.8, 4) is 73.7 Å². The van der Waals surface area contributed by atoms with Gasteiger partial charge in [-0.25, -0.2) is 9.97 Å². The molecule has 0 saturated heterocycles. The van der Waals surface area contributed by atoms with Crippen LogP contribution in [0.25, 0.3) is 72.5 Å². The van der Waals surface area contributed by atoms with Crippen molar-refractivity contribution in [3.05, 3.63) is 200 Å². The molecule has 61 heavy (non-hydrogen) atoms. The van der Waals surface area contributed by atoms with E-state index in [0.717, 1.165) is 77.7 Å². The zero-order valence-electron chi connectivity index (χ0n) is 32.8. The third-order valence-electron chi connectivity index (χ3n) is 10.2. The topological polar surface area (TPSA) is 75.0 Å². The molecule has 0 atom stereocenters. The van der Waals surface area contributed by atoms with Gasteiger partial charge >= 0.3 is 42.1 Å². The molecule has 0 saturated carbocycles. The molecule has 7 nitrogen and oxygen atoms in total. The Balaban J connectivity index is 0.00000257. The fraction of sp³-hybridized carbons (Fsp3) is 0.0385. The molecular weight excluding hydrogens is 1120 g/mol. The average Bonchev–Trinajstić information content (AvgIpc) is 3.60. The van der Waals surface area contributed by atoms with E-state index in [9.17, 15) is 0 Å². The molecule has 0 N–H and O–H groups in total. The van der Waals surface area contributed by atoms with Gasteiger partial charge in [-0.15, -0.1) is 58.7 Å². The summed E-state index contributed by atoms with van der Waals surface area (Å²) in [6, 6.07) is 60.3. The fourth-order valence-corrected chi connectivity index (χ4v) is 7.55. The summed E-state index contributed by atoms with van der Waals surface area (Å²) in [5.74, 6) is 2.61. The standard InChI is InChI=1S/C52H33N5O2.2Pt/c1-34-28-38(44-18-9-11-24-53-44)30-48(50(34)36-14-5-3-6-15-36)58-40-20-22-42-43-23-21-41(33-47(43)57(46(42)32-40)52-55-26-13-27-56-52)59-49-31-39(45-19-10-12-25-54-45)29-35(2)51(49)37-16-7-4-8-17-37;;/h3-29H,1-2H3;;/q-4;2*+2. The van der Waals surface area contributed by atoms with Gasteiger partial charge < -0.3 is 24.0 Å². The molecule has 0 aliphatic carbocycles. The van der Waals surface area contributed by atoms with E-state index in [1.807, 2.05) is 102 Å². The summed E-state index contributed by atoms with van der Waals surface area (Å²) in [6.45, 7) is 4.17. The van der Waals surface area contributed by atoms with Crippen LogP contribution in [0.15, 0.2) is 164 Å². The number of benzene rings is 6. The van der Waals surface area contributed by atoms with E-state index in [0.29, 0.717) is 28.9 Å². The van der Waals surface area contributed by atoms with Gasteiger partial charge in [-0.1, -0.05) is 144 Å². The smallest absolute Gasteiger partial charge is 0.502 e. The van der Waals surface area contributed by atoms with Gasteiger partial charge in [0.25, 0.3) is 0 Å². The Hall–Kier alpha value is -6.52. The molecule has 0 fully saturated rings. The number of hydrogen-bond donors (Lipinski definition) is 0. The summed E-state index contributed by atoms with van der Waals surface area (Å²) < 4.78 is 15.5. The zero-order chi connectivity index (χ0) is 39.7. The van der Waals surface area contributed by atoms with E-state index in [1.165, 1.54) is 0 Å². The summed E-state index contributed by atoms with van der Waals surface area (Å²) in [6.07, 6.45) is 7.01. The number of nitrogens with zero attached hydrogens (tertiary/aromatic N) is 5. The van der Waals surface area contributed by atoms with Gasteiger partial charge in [0.15, 0.2) is 0 Å². The Morgan fingerprint density at radius 3 is 1.30 bits per heavy atom. The molecule has 0 radical (unpaired) electrons. The van der Waals surface area contributed by atoms with E-state index in [4.69, 9.17) is 9.47 Å². The summed E-state index contributed by atoms with van der Waals surface area (Å²) >= 11 is 0. The Kier molecular flexibility index (Phi) is 12.2. The van der Waals surface area contributed by atoms with Crippen molar-refractivity contribution in [1.82, 2.24) is 24.5 Å². The fourth-order valence-electron chi connectivity index (χ4n) is 7.55. The molecule has 6 aromatic carbocycles. The van der Waals surface area contributed by atoms with Crippen LogP contribution in [-0.2, 0) is 42.1 Å². The number of rotatable bonds is 9. The number of aromatic nitrogens is 5. The molecule has 4 aromatic heterocycles. The molecule has 0 amide bonds. The molecule has 0 unspecified atom stereocenters. The van der Waals surface area contributed by atoms with Crippen LogP contribution in [-0.4, -0.2) is 24.5 Å². The molecule has 0 spiro atoms. The number of aryl methyl sites for hydroxylation is 2. The van der Waals surface area contributed by atoms with Crippen LogP contribution >= 0.6 is 0 Å². The Morgan fingerprint density at radius 2 is 0.869 bits per heavy atom. The minimum atomic E-state index is 0. The van der Waals surface area contributed by atoms with Crippen LogP contribution in [0.3, 0.4) is 0 Å². The minimum absolute atomic E-state index is 0. The molecule has 0 aliphatic heterocycles. The molecule has 10 rings (SSSR count). The largest absolute Gasteiger partial charge is 2.00 e. The maximum atomic E-state index is 6.78. The van der Waals surface area contributed by atoms with Crippen LogP contribution in [0, 0.1) is 38.1 Å². The first-order valence-electron chi connectivity index (χ1n) is 19.2. The van der Waals surface area contributed by atoms with E-state index in [2.05, 4.69) is 94.4 Å². The third kappa shape index (κ3) is 8.20. The van der Waals surface area contributed by atoms with Crippen molar-refractivity contribution in [1.29, 1.82) is 0 Å². The summed E-state index contributed by atoms with van der Waals surface area (Å²) in [4.78, 5) is 18.5. The van der Waals surface area contributed by atoms with E-state index < -0.39 is 0 Å². The van der Waals surface area contributed by atoms with Crippen LogP contribution in [0.1, 0.15) is 11.1 Å². The van der Waals surface area contributed by atoms with Gasteiger partial charge in [0.1, 0.15) is 0 Å². The number of pyridine rings is 2. The Bertz CT molecular complexity index is 2920. The zero-order valence-corrected chi connectivity index (χ0v) is 37.3. The van der Waals surface area contributed by atoms with Gasteiger partial charge in [-0.2, -0.15) is 22.9 Å². The first kappa shape index (κ1) is 41.2.